The van der Waals surface area contributed by atoms with Gasteiger partial charge in [-0.15, -0.1) is 0 Å². The maximum Gasteiger partial charge on any atom is 0.183 e. The minimum Gasteiger partial charge on any atom is -0.352 e. The van der Waals surface area contributed by atoms with E-state index in [4.69, 9.17) is 15.2 Å². The zero-order valence-corrected chi connectivity index (χ0v) is 12.5. The predicted octanol–water partition coefficient (Wildman–Crippen LogP) is 2.66. The molecule has 0 bridgehead atoms. The van der Waals surface area contributed by atoms with Gasteiger partial charge in [-0.3, -0.25) is 4.98 Å². The molecule has 0 fully saturated rings. The summed E-state index contributed by atoms with van der Waals surface area (Å²) in [5.41, 5.74) is 9.35. The molecule has 2 aromatic rings. The van der Waals surface area contributed by atoms with E-state index in [1.165, 1.54) is 11.1 Å². The van der Waals surface area contributed by atoms with Gasteiger partial charge in [0.25, 0.3) is 0 Å². The number of nitrogens with zero attached hydrogens (tertiary/aromatic N) is 1. The van der Waals surface area contributed by atoms with E-state index in [1.54, 1.807) is 20.4 Å². The Morgan fingerprint density at radius 2 is 1.71 bits per heavy atom. The molecular weight excluding hydrogens is 264 g/mol. The molecule has 1 heterocycles. The molecule has 0 spiro atoms. The topological polar surface area (TPSA) is 57.4 Å². The third-order valence-electron chi connectivity index (χ3n) is 3.60. The first-order valence-electron chi connectivity index (χ1n) is 7.03. The molecule has 1 atom stereocenters. The largest absolute Gasteiger partial charge is 0.352 e. The maximum absolute atomic E-state index is 5.93. The van der Waals surface area contributed by atoms with E-state index < -0.39 is 0 Å². The minimum absolute atomic E-state index is 0.284. The summed E-state index contributed by atoms with van der Waals surface area (Å²) in [6, 6.07) is 12.3. The second-order valence-electron chi connectivity index (χ2n) is 4.97. The van der Waals surface area contributed by atoms with Crippen LogP contribution in [0.25, 0.3) is 0 Å². The Bertz CT molecular complexity index is 524. The molecular formula is C17H22N2O2. The fourth-order valence-corrected chi connectivity index (χ4v) is 2.43. The molecule has 0 saturated heterocycles. The summed E-state index contributed by atoms with van der Waals surface area (Å²) in [6.07, 6.45) is 4.24. The number of nitrogens with two attached hydrogens (primary N) is 1. The van der Waals surface area contributed by atoms with Crippen molar-refractivity contribution in [2.24, 2.45) is 5.73 Å². The van der Waals surface area contributed by atoms with Crippen LogP contribution in [0.3, 0.4) is 0 Å². The van der Waals surface area contributed by atoms with Crippen molar-refractivity contribution in [1.29, 1.82) is 0 Å². The lowest BCUT2D eigenvalue weighted by Crippen LogP contribution is -2.15. The van der Waals surface area contributed by atoms with E-state index in [0.29, 0.717) is 6.54 Å². The summed E-state index contributed by atoms with van der Waals surface area (Å²) in [6.45, 7) is 0.603. The first kappa shape index (κ1) is 15.6. The fourth-order valence-electron chi connectivity index (χ4n) is 2.43. The van der Waals surface area contributed by atoms with Crippen LogP contribution in [0.4, 0.5) is 0 Å². The smallest absolute Gasteiger partial charge is 0.183 e. The molecule has 0 saturated carbocycles. The number of rotatable bonds is 7. The number of hydrogen-bond donors (Lipinski definition) is 1. The molecule has 1 aromatic heterocycles. The van der Waals surface area contributed by atoms with Gasteiger partial charge < -0.3 is 15.2 Å². The quantitative estimate of drug-likeness (QED) is 0.795. The summed E-state index contributed by atoms with van der Waals surface area (Å²) in [5, 5.41) is 0. The Kier molecular flexibility index (Phi) is 5.87. The van der Waals surface area contributed by atoms with Gasteiger partial charge in [-0.2, -0.15) is 0 Å². The number of pyridine rings is 1. The number of benzene rings is 1. The third-order valence-corrected chi connectivity index (χ3v) is 3.60. The number of methoxy groups -OCH3 is 2. The number of hydrogen-bond acceptors (Lipinski definition) is 4. The third kappa shape index (κ3) is 4.11. The molecule has 2 rings (SSSR count). The Morgan fingerprint density at radius 3 is 2.24 bits per heavy atom. The van der Waals surface area contributed by atoms with Gasteiger partial charge in [0.2, 0.25) is 0 Å². The highest BCUT2D eigenvalue weighted by molar-refractivity contribution is 5.28. The molecule has 2 N–H and O–H groups in total. The van der Waals surface area contributed by atoms with Crippen LogP contribution in [-0.4, -0.2) is 25.7 Å². The van der Waals surface area contributed by atoms with Gasteiger partial charge in [0, 0.05) is 38.1 Å². The van der Waals surface area contributed by atoms with Crippen molar-refractivity contribution in [2.75, 3.05) is 20.8 Å². The maximum atomic E-state index is 5.93. The van der Waals surface area contributed by atoms with E-state index in [2.05, 4.69) is 23.2 Å². The SMILES string of the molecule is COC(OC)c1ccc(C(CN)Cc2cccnc2)cc1. The van der Waals surface area contributed by atoms with Gasteiger partial charge >= 0.3 is 0 Å². The highest BCUT2D eigenvalue weighted by Crippen LogP contribution is 2.23. The number of ether oxygens (including phenoxy) is 2. The summed E-state index contributed by atoms with van der Waals surface area (Å²) in [7, 11) is 3.26. The molecule has 0 aliphatic carbocycles. The van der Waals surface area contributed by atoms with Crippen molar-refractivity contribution >= 4 is 0 Å². The van der Waals surface area contributed by atoms with E-state index >= 15 is 0 Å². The first-order valence-corrected chi connectivity index (χ1v) is 7.03. The Balaban J connectivity index is 2.12. The van der Waals surface area contributed by atoms with Gasteiger partial charge in [0.1, 0.15) is 0 Å². The fraction of sp³-hybridized carbons (Fsp3) is 0.353. The molecule has 4 nitrogen and oxygen atoms in total. The highest BCUT2D eigenvalue weighted by Gasteiger charge is 2.13. The van der Waals surface area contributed by atoms with Crippen LogP contribution in [0.15, 0.2) is 48.8 Å². The lowest BCUT2D eigenvalue weighted by Gasteiger charge is -2.18. The van der Waals surface area contributed by atoms with Crippen LogP contribution in [0.1, 0.15) is 28.9 Å². The molecule has 1 aromatic carbocycles. The Labute approximate surface area is 125 Å². The standard InChI is InChI=1S/C17H22N2O2/c1-20-17(21-2)15-7-5-14(6-8-15)16(11-18)10-13-4-3-9-19-12-13/h3-9,12,16-17H,10-11,18H2,1-2H3. The lowest BCUT2D eigenvalue weighted by atomic mass is 9.92. The van der Waals surface area contributed by atoms with E-state index in [1.807, 2.05) is 24.4 Å². The normalized spacial score (nSPS) is 12.6. The predicted molar refractivity (Wildman–Crippen MR) is 82.9 cm³/mol. The second kappa shape index (κ2) is 7.88. The zero-order valence-electron chi connectivity index (χ0n) is 12.5. The van der Waals surface area contributed by atoms with E-state index in [9.17, 15) is 0 Å². The van der Waals surface area contributed by atoms with Crippen molar-refractivity contribution in [1.82, 2.24) is 4.98 Å². The summed E-state index contributed by atoms with van der Waals surface area (Å²) < 4.78 is 10.5. The molecule has 4 heteroatoms. The van der Waals surface area contributed by atoms with Gasteiger partial charge in [0.05, 0.1) is 0 Å². The van der Waals surface area contributed by atoms with Gasteiger partial charge in [0.15, 0.2) is 6.29 Å². The van der Waals surface area contributed by atoms with Crippen LogP contribution in [0, 0.1) is 0 Å². The van der Waals surface area contributed by atoms with E-state index in [-0.39, 0.29) is 12.2 Å². The van der Waals surface area contributed by atoms with Gasteiger partial charge in [-0.1, -0.05) is 30.3 Å². The highest BCUT2D eigenvalue weighted by atomic mass is 16.7. The lowest BCUT2D eigenvalue weighted by molar-refractivity contribution is -0.106. The molecule has 0 aliphatic heterocycles. The summed E-state index contributed by atoms with van der Waals surface area (Å²) in [5.74, 6) is 0.284. The summed E-state index contributed by atoms with van der Waals surface area (Å²) >= 11 is 0. The van der Waals surface area contributed by atoms with Crippen molar-refractivity contribution in [3.63, 3.8) is 0 Å². The van der Waals surface area contributed by atoms with Gasteiger partial charge in [-0.25, -0.2) is 0 Å². The van der Waals surface area contributed by atoms with Crippen LogP contribution >= 0.6 is 0 Å². The van der Waals surface area contributed by atoms with Crippen LogP contribution < -0.4 is 5.73 Å². The van der Waals surface area contributed by atoms with E-state index in [0.717, 1.165) is 12.0 Å². The Morgan fingerprint density at radius 1 is 1.05 bits per heavy atom. The molecule has 0 amide bonds. The van der Waals surface area contributed by atoms with Crippen LogP contribution in [-0.2, 0) is 15.9 Å². The first-order chi connectivity index (χ1) is 10.3. The molecule has 1 unspecified atom stereocenters. The van der Waals surface area contributed by atoms with Crippen molar-refractivity contribution in [3.8, 4) is 0 Å². The zero-order chi connectivity index (χ0) is 15.1. The molecule has 112 valence electrons. The van der Waals surface area contributed by atoms with Crippen molar-refractivity contribution in [2.45, 2.75) is 18.6 Å². The van der Waals surface area contributed by atoms with Crippen molar-refractivity contribution in [3.05, 3.63) is 65.5 Å². The molecule has 0 radical (unpaired) electrons. The number of aromatic nitrogens is 1. The molecule has 21 heavy (non-hydrogen) atoms. The van der Waals surface area contributed by atoms with Gasteiger partial charge in [-0.05, 0) is 30.2 Å². The average molecular weight is 286 g/mol. The second-order valence-corrected chi connectivity index (χ2v) is 4.97. The Hall–Kier alpha value is -1.75. The molecule has 0 aliphatic rings. The summed E-state index contributed by atoms with van der Waals surface area (Å²) in [4.78, 5) is 4.15. The minimum atomic E-state index is -0.325. The average Bonchev–Trinajstić information content (AvgIpc) is 2.55. The van der Waals surface area contributed by atoms with Crippen LogP contribution in [0.2, 0.25) is 0 Å². The monoisotopic (exact) mass is 286 g/mol. The van der Waals surface area contributed by atoms with Crippen molar-refractivity contribution < 1.29 is 9.47 Å². The van der Waals surface area contributed by atoms with Crippen LogP contribution in [0.5, 0.6) is 0 Å².